The number of ketones is 1. The average Bonchev–Trinajstić information content (AvgIpc) is 3.37. The smallest absolute Gasteiger partial charge is 0.407 e. The summed E-state index contributed by atoms with van der Waals surface area (Å²) in [6.45, 7) is 0.158. The number of hydrogen-bond donors (Lipinski definition) is 2. The Bertz CT molecular complexity index is 1670. The van der Waals surface area contributed by atoms with E-state index in [2.05, 4.69) is 42.2 Å². The summed E-state index contributed by atoms with van der Waals surface area (Å²) in [7, 11) is 0. The van der Waals surface area contributed by atoms with Gasteiger partial charge in [0.05, 0.1) is 5.92 Å². The van der Waals surface area contributed by atoms with Crippen LogP contribution in [0.5, 0.6) is 0 Å². The van der Waals surface area contributed by atoms with E-state index >= 15 is 0 Å². The summed E-state index contributed by atoms with van der Waals surface area (Å²) in [6.07, 6.45) is -0.666. The Hall–Kier alpha value is -4.32. The number of thiol groups is 1. The maximum absolute atomic E-state index is 13.5. The molecule has 1 aliphatic carbocycles. The lowest BCUT2D eigenvalue weighted by Crippen LogP contribution is -2.42. The van der Waals surface area contributed by atoms with Gasteiger partial charge in [-0.25, -0.2) is 4.79 Å². The Morgan fingerprint density at radius 1 is 0.721 bits per heavy atom. The number of nitrogens with one attached hydrogen (secondary N) is 1. The predicted molar refractivity (Wildman–Crippen MR) is 175 cm³/mol. The van der Waals surface area contributed by atoms with Crippen molar-refractivity contribution in [3.63, 3.8) is 0 Å². The molecule has 0 saturated carbocycles. The number of hydrogen-bond acceptors (Lipinski definition) is 4. The Morgan fingerprint density at radius 2 is 1.26 bits per heavy atom. The van der Waals surface area contributed by atoms with E-state index in [-0.39, 0.29) is 24.1 Å². The van der Waals surface area contributed by atoms with Crippen LogP contribution in [0.1, 0.15) is 44.1 Å². The van der Waals surface area contributed by atoms with Crippen LogP contribution in [0.4, 0.5) is 4.79 Å². The third-order valence-electron chi connectivity index (χ3n) is 7.78. The Morgan fingerprint density at radius 3 is 1.79 bits per heavy atom. The van der Waals surface area contributed by atoms with Gasteiger partial charge >= 0.3 is 6.09 Å². The molecule has 1 radical (unpaired) electrons. The standard InChI is InChI=1S/C37H29ClNO3S/c38-33-21-26(19-20-31(33)35(24-11-3-1-4-12-24)25-13-5-2-6-14-25)36(40)34(23-43)39-37(41)42-22-32-29-17-9-7-15-27(29)28-16-8-10-18-30(28)32/h1-21,32,34,43H,22-23H2,(H,39,41)/t34-/m0/s1. The molecule has 0 heterocycles. The van der Waals surface area contributed by atoms with Crippen molar-refractivity contribution in [3.05, 3.63) is 172 Å². The van der Waals surface area contributed by atoms with Crippen LogP contribution in [0.2, 0.25) is 5.02 Å². The zero-order valence-corrected chi connectivity index (χ0v) is 24.9. The van der Waals surface area contributed by atoms with Crippen LogP contribution in [-0.2, 0) is 4.74 Å². The summed E-state index contributed by atoms with van der Waals surface area (Å²) in [5.41, 5.74) is 7.76. The lowest BCUT2D eigenvalue weighted by atomic mass is 9.84. The van der Waals surface area contributed by atoms with E-state index in [1.807, 2.05) is 91.0 Å². The van der Waals surface area contributed by atoms with E-state index < -0.39 is 12.1 Å². The number of carbonyl (C=O) groups excluding carboxylic acids is 2. The number of benzene rings is 5. The fourth-order valence-corrected chi connectivity index (χ4v) is 6.27. The summed E-state index contributed by atoms with van der Waals surface area (Å²) < 4.78 is 5.66. The molecular formula is C37H29ClNO3S. The minimum atomic E-state index is -0.882. The number of halogens is 1. The molecule has 0 spiro atoms. The highest BCUT2D eigenvalue weighted by atomic mass is 35.5. The lowest BCUT2D eigenvalue weighted by Gasteiger charge is -2.21. The Balaban J connectivity index is 1.17. The van der Waals surface area contributed by atoms with Crippen LogP contribution in [0, 0.1) is 5.92 Å². The number of carbonyl (C=O) groups is 2. The van der Waals surface area contributed by atoms with Crippen molar-refractivity contribution in [1.29, 1.82) is 0 Å². The van der Waals surface area contributed by atoms with Crippen molar-refractivity contribution < 1.29 is 14.3 Å². The lowest BCUT2D eigenvalue weighted by molar-refractivity contribution is 0.0932. The van der Waals surface area contributed by atoms with Gasteiger partial charge < -0.3 is 10.1 Å². The molecule has 0 bridgehead atoms. The molecule has 4 nitrogen and oxygen atoms in total. The van der Waals surface area contributed by atoms with Crippen molar-refractivity contribution in [2.75, 3.05) is 12.4 Å². The van der Waals surface area contributed by atoms with Crippen molar-refractivity contribution in [1.82, 2.24) is 5.32 Å². The van der Waals surface area contributed by atoms with Gasteiger partial charge in [-0.1, -0.05) is 133 Å². The maximum Gasteiger partial charge on any atom is 0.407 e. The molecule has 1 N–H and O–H groups in total. The molecule has 1 aliphatic rings. The van der Waals surface area contributed by atoms with Gasteiger partial charge in [0, 0.05) is 22.3 Å². The summed E-state index contributed by atoms with van der Waals surface area (Å²) >= 11 is 11.2. The van der Waals surface area contributed by atoms with Crippen LogP contribution in [-0.4, -0.2) is 30.3 Å². The van der Waals surface area contributed by atoms with Gasteiger partial charge in [-0.05, 0) is 45.0 Å². The molecular weight excluding hydrogens is 574 g/mol. The van der Waals surface area contributed by atoms with Crippen molar-refractivity contribution in [3.8, 4) is 11.1 Å². The van der Waals surface area contributed by atoms with E-state index in [4.69, 9.17) is 16.3 Å². The topological polar surface area (TPSA) is 55.4 Å². The highest BCUT2D eigenvalue weighted by Gasteiger charge is 2.30. The number of fused-ring (bicyclic) bond motifs is 3. The van der Waals surface area contributed by atoms with Crippen molar-refractivity contribution >= 4 is 36.1 Å². The van der Waals surface area contributed by atoms with E-state index in [0.29, 0.717) is 10.6 Å². The van der Waals surface area contributed by atoms with E-state index in [1.165, 1.54) is 0 Å². The highest BCUT2D eigenvalue weighted by Crippen LogP contribution is 2.44. The third kappa shape index (κ3) is 5.96. The van der Waals surface area contributed by atoms with E-state index in [0.717, 1.165) is 44.9 Å². The summed E-state index contributed by atoms with van der Waals surface area (Å²) in [4.78, 5) is 26.4. The third-order valence-corrected chi connectivity index (χ3v) is 8.46. The minimum absolute atomic E-state index is 0.0747. The number of amides is 1. The van der Waals surface area contributed by atoms with Gasteiger partial charge in [0.1, 0.15) is 12.6 Å². The summed E-state index contributed by atoms with van der Waals surface area (Å²) in [6, 6.07) is 40.7. The summed E-state index contributed by atoms with van der Waals surface area (Å²) in [5.74, 6) is 0.702. The van der Waals surface area contributed by atoms with E-state index in [9.17, 15) is 9.59 Å². The second kappa shape index (κ2) is 12.9. The number of alkyl carbamates (subject to hydrolysis) is 1. The molecule has 5 aromatic carbocycles. The molecule has 0 fully saturated rings. The molecule has 1 amide bonds. The molecule has 6 rings (SSSR count). The molecule has 6 heteroatoms. The number of Topliss-reactive ketones (excluding diaryl/α,β-unsaturated/α-hetero) is 1. The van der Waals surface area contributed by atoms with Gasteiger partial charge in [-0.2, -0.15) is 12.6 Å². The molecule has 5 aromatic rings. The van der Waals surface area contributed by atoms with Gasteiger partial charge in [0.15, 0.2) is 5.78 Å². The highest BCUT2D eigenvalue weighted by molar-refractivity contribution is 7.80. The molecule has 43 heavy (non-hydrogen) atoms. The average molecular weight is 603 g/mol. The van der Waals surface area contributed by atoms with Gasteiger partial charge in [-0.3, -0.25) is 4.79 Å². The number of rotatable bonds is 9. The second-order valence-corrected chi connectivity index (χ2v) is 11.1. The SMILES string of the molecule is O=C(N[C@@H](CS)C(=O)c1ccc([C](c2ccccc2)c2ccccc2)c(Cl)c1)OCC1c2ccccc2-c2ccccc21. The van der Waals surface area contributed by atoms with E-state index in [1.54, 1.807) is 12.1 Å². The Labute approximate surface area is 262 Å². The first kappa shape index (κ1) is 28.8. The quantitative estimate of drug-likeness (QED) is 0.101. The second-order valence-electron chi connectivity index (χ2n) is 10.4. The Kier molecular flexibility index (Phi) is 8.64. The fourth-order valence-electron chi connectivity index (χ4n) is 5.74. The monoisotopic (exact) mass is 602 g/mol. The van der Waals surface area contributed by atoms with Crippen LogP contribution in [0.25, 0.3) is 11.1 Å². The fraction of sp³-hybridized carbons (Fsp3) is 0.108. The van der Waals surface area contributed by atoms with Crippen LogP contribution in [0.15, 0.2) is 127 Å². The van der Waals surface area contributed by atoms with Crippen LogP contribution in [0.3, 0.4) is 0 Å². The van der Waals surface area contributed by atoms with Crippen molar-refractivity contribution in [2.24, 2.45) is 0 Å². The predicted octanol–water partition coefficient (Wildman–Crippen LogP) is 8.38. The first-order valence-corrected chi connectivity index (χ1v) is 15.1. The molecule has 0 aliphatic heterocycles. The summed E-state index contributed by atoms with van der Waals surface area (Å²) in [5, 5.41) is 3.15. The zero-order valence-electron chi connectivity index (χ0n) is 23.2. The first-order valence-electron chi connectivity index (χ1n) is 14.1. The molecule has 1 atom stereocenters. The van der Waals surface area contributed by atoms with Gasteiger partial charge in [0.2, 0.25) is 0 Å². The van der Waals surface area contributed by atoms with Crippen LogP contribution < -0.4 is 5.32 Å². The molecule has 0 saturated heterocycles. The van der Waals surface area contributed by atoms with Crippen molar-refractivity contribution in [2.45, 2.75) is 12.0 Å². The minimum Gasteiger partial charge on any atom is -0.449 e. The van der Waals surface area contributed by atoms with Crippen LogP contribution >= 0.6 is 24.2 Å². The molecule has 0 aromatic heterocycles. The zero-order chi connectivity index (χ0) is 29.8. The van der Waals surface area contributed by atoms with Gasteiger partial charge in [0.25, 0.3) is 0 Å². The number of ether oxygens (including phenoxy) is 1. The molecule has 0 unspecified atom stereocenters. The first-order chi connectivity index (χ1) is 21.0. The normalized spacial score (nSPS) is 12.8. The maximum atomic E-state index is 13.5. The largest absolute Gasteiger partial charge is 0.449 e. The van der Waals surface area contributed by atoms with Gasteiger partial charge in [-0.15, -0.1) is 0 Å². The molecule has 213 valence electrons.